The summed E-state index contributed by atoms with van der Waals surface area (Å²) in [5.74, 6) is 0.181. The van der Waals surface area contributed by atoms with Crippen molar-refractivity contribution in [1.29, 1.82) is 0 Å². The maximum atomic E-state index is 13.4. The largest absolute Gasteiger partial charge is 0.450 e. The zero-order valence-corrected chi connectivity index (χ0v) is 23.9. The number of hydrogen-bond acceptors (Lipinski definition) is 8. The van der Waals surface area contributed by atoms with Crippen LogP contribution in [0.4, 0.5) is 16.4 Å². The Morgan fingerprint density at radius 3 is 2.59 bits per heavy atom. The van der Waals surface area contributed by atoms with Gasteiger partial charge in [-0.3, -0.25) is 9.59 Å². The lowest BCUT2D eigenvalue weighted by atomic mass is 10.0. The molecule has 1 fully saturated rings. The second kappa shape index (κ2) is 12.0. The van der Waals surface area contributed by atoms with Crippen molar-refractivity contribution in [2.75, 3.05) is 65.8 Å². The molecule has 1 saturated heterocycles. The molecule has 218 valence electrons. The maximum absolute atomic E-state index is 13.4. The lowest BCUT2D eigenvalue weighted by Gasteiger charge is -2.40. The number of nitrogens with one attached hydrogen (secondary N) is 1. The third kappa shape index (κ3) is 6.02. The molecule has 3 amide bonds. The minimum atomic E-state index is -0.516. The Labute approximate surface area is 240 Å². The van der Waals surface area contributed by atoms with Crippen LogP contribution in [0.1, 0.15) is 30.7 Å². The van der Waals surface area contributed by atoms with E-state index >= 15 is 0 Å². The minimum Gasteiger partial charge on any atom is -0.450 e. The van der Waals surface area contributed by atoms with E-state index in [4.69, 9.17) is 9.72 Å². The van der Waals surface area contributed by atoms with Gasteiger partial charge in [-0.15, -0.1) is 5.10 Å². The van der Waals surface area contributed by atoms with Crippen LogP contribution < -0.4 is 5.32 Å². The number of likely N-dealkylation sites (N-methyl/N-ethyl adjacent to an activating group) is 2. The van der Waals surface area contributed by atoms with Gasteiger partial charge in [0.1, 0.15) is 6.04 Å². The van der Waals surface area contributed by atoms with Gasteiger partial charge in [0, 0.05) is 71.3 Å². The molecule has 0 saturated carbocycles. The van der Waals surface area contributed by atoms with Crippen molar-refractivity contribution in [2.45, 2.75) is 19.4 Å². The van der Waals surface area contributed by atoms with Crippen LogP contribution in [0.25, 0.3) is 11.2 Å². The van der Waals surface area contributed by atoms with E-state index in [1.165, 1.54) is 4.90 Å². The molecule has 1 N–H and O–H groups in total. The van der Waals surface area contributed by atoms with Crippen LogP contribution in [0.3, 0.4) is 0 Å². The molecule has 0 spiro atoms. The highest BCUT2D eigenvalue weighted by molar-refractivity contribution is 5.98. The van der Waals surface area contributed by atoms with E-state index in [1.54, 1.807) is 47.5 Å². The van der Waals surface area contributed by atoms with Gasteiger partial charge < -0.3 is 29.7 Å². The van der Waals surface area contributed by atoms with E-state index < -0.39 is 6.04 Å². The predicted octanol–water partition coefficient (Wildman–Crippen LogP) is 2.81. The second-order valence-corrected chi connectivity index (χ2v) is 10.5. The number of carbonyl (C=O) groups excluding carboxylic acids is 3. The zero-order valence-electron chi connectivity index (χ0n) is 23.9. The van der Waals surface area contributed by atoms with Crippen molar-refractivity contribution in [3.05, 3.63) is 59.8 Å². The molecule has 1 atom stereocenters. The van der Waals surface area contributed by atoms with Crippen LogP contribution in [0.5, 0.6) is 0 Å². The van der Waals surface area contributed by atoms with Gasteiger partial charge in [-0.05, 0) is 62.4 Å². The van der Waals surface area contributed by atoms with Gasteiger partial charge in [-0.1, -0.05) is 6.08 Å². The number of ether oxygens (including phenoxy) is 1. The second-order valence-electron chi connectivity index (χ2n) is 10.5. The van der Waals surface area contributed by atoms with Crippen molar-refractivity contribution < 1.29 is 20.5 Å². The summed E-state index contributed by atoms with van der Waals surface area (Å²) in [6, 6.07) is 10.5. The van der Waals surface area contributed by atoms with Crippen LogP contribution in [-0.4, -0.2) is 119 Å². The number of rotatable bonds is 6. The van der Waals surface area contributed by atoms with Gasteiger partial charge in [0.15, 0.2) is 5.65 Å². The molecule has 41 heavy (non-hydrogen) atoms. The number of benzene rings is 1. The molecule has 2 aromatic heterocycles. The average Bonchev–Trinajstić information content (AvgIpc) is 3.39. The first-order valence-corrected chi connectivity index (χ1v) is 13.8. The molecular formula is C29H38N8O4. The summed E-state index contributed by atoms with van der Waals surface area (Å²) < 4.78 is 6.84. The number of anilines is 2. The number of amides is 3. The summed E-state index contributed by atoms with van der Waals surface area (Å²) in [7, 11) is 5.38. The number of fused-ring (bicyclic) bond motifs is 1. The van der Waals surface area contributed by atoms with Crippen molar-refractivity contribution in [1.82, 2.24) is 34.2 Å². The smallest absolute Gasteiger partial charge is 0.410 e. The molecule has 0 radical (unpaired) electrons. The van der Waals surface area contributed by atoms with Crippen LogP contribution in [0, 0.1) is 0 Å². The third-order valence-electron chi connectivity index (χ3n) is 7.40. The summed E-state index contributed by atoms with van der Waals surface area (Å²) in [4.78, 5) is 49.9. The number of hydrogen-bond donors (Lipinski definition) is 1. The summed E-state index contributed by atoms with van der Waals surface area (Å²) >= 11 is 0. The quantitative estimate of drug-likeness (QED) is 0.488. The van der Waals surface area contributed by atoms with Crippen LogP contribution in [0.15, 0.2) is 48.7 Å². The van der Waals surface area contributed by atoms with E-state index in [0.29, 0.717) is 62.9 Å². The van der Waals surface area contributed by atoms with Gasteiger partial charge in [0.05, 0.1) is 6.61 Å². The highest BCUT2D eigenvalue weighted by Crippen LogP contribution is 2.27. The SMILES string of the molecule is CCOC(=O)N1CC=C(c2cccn3nc(Nc4ccc(C(=O)N5CCN(C)CC5C(=O)N(C)C)cc4)nc23)CC1.[HH]. The number of aromatic nitrogens is 3. The molecule has 1 unspecified atom stereocenters. The molecule has 12 nitrogen and oxygen atoms in total. The lowest BCUT2D eigenvalue weighted by molar-refractivity contribution is -0.135. The highest BCUT2D eigenvalue weighted by atomic mass is 16.6. The summed E-state index contributed by atoms with van der Waals surface area (Å²) in [5, 5.41) is 7.80. The normalized spacial score (nSPS) is 17.8. The average molecular weight is 563 g/mol. The first kappa shape index (κ1) is 28.1. The lowest BCUT2D eigenvalue weighted by Crippen LogP contribution is -2.59. The Morgan fingerprint density at radius 1 is 1.12 bits per heavy atom. The Bertz CT molecular complexity index is 1470. The van der Waals surface area contributed by atoms with Gasteiger partial charge >= 0.3 is 6.09 Å². The molecule has 3 aromatic rings. The fourth-order valence-corrected chi connectivity index (χ4v) is 5.17. The Morgan fingerprint density at radius 2 is 1.90 bits per heavy atom. The number of piperazine rings is 1. The van der Waals surface area contributed by atoms with E-state index in [-0.39, 0.29) is 19.3 Å². The van der Waals surface area contributed by atoms with E-state index in [2.05, 4.69) is 15.3 Å². The molecule has 5 rings (SSSR count). The monoisotopic (exact) mass is 562 g/mol. The van der Waals surface area contributed by atoms with Gasteiger partial charge in [-0.25, -0.2) is 9.31 Å². The van der Waals surface area contributed by atoms with Crippen molar-refractivity contribution in [3.8, 4) is 0 Å². The molecule has 12 heteroatoms. The van der Waals surface area contributed by atoms with E-state index in [0.717, 1.165) is 16.8 Å². The summed E-state index contributed by atoms with van der Waals surface area (Å²) in [5.41, 5.74) is 4.03. The molecule has 4 heterocycles. The van der Waals surface area contributed by atoms with Crippen LogP contribution in [-0.2, 0) is 9.53 Å². The predicted molar refractivity (Wildman–Crippen MR) is 157 cm³/mol. The number of pyridine rings is 1. The molecule has 0 aliphatic carbocycles. The number of nitrogens with zero attached hydrogens (tertiary/aromatic N) is 7. The molecule has 2 aliphatic rings. The van der Waals surface area contributed by atoms with Crippen molar-refractivity contribution in [3.63, 3.8) is 0 Å². The van der Waals surface area contributed by atoms with Crippen molar-refractivity contribution in [2.24, 2.45) is 0 Å². The first-order valence-electron chi connectivity index (χ1n) is 13.8. The Kier molecular flexibility index (Phi) is 8.20. The highest BCUT2D eigenvalue weighted by Gasteiger charge is 2.35. The van der Waals surface area contributed by atoms with Crippen LogP contribution >= 0.6 is 0 Å². The fraction of sp³-hybridized carbons (Fsp3) is 0.414. The Balaban J connectivity index is 0.00000405. The summed E-state index contributed by atoms with van der Waals surface area (Å²) in [6.07, 6.45) is 4.27. The standard InChI is InChI=1S/C29H36N8O4.H2/c1-5-41-29(40)35-15-12-20(13-16-35)23-7-6-14-37-25(23)31-28(32-37)30-22-10-8-21(9-11-22)26(38)36-18-17-34(4)19-24(36)27(39)33(2)3;/h6-12,14,24H,5,13,15-19H2,1-4H3,(H,30,32);1H. The van der Waals surface area contributed by atoms with Gasteiger partial charge in [-0.2, -0.15) is 4.98 Å². The molecule has 1 aromatic carbocycles. The van der Waals surface area contributed by atoms with E-state index in [9.17, 15) is 14.4 Å². The van der Waals surface area contributed by atoms with Gasteiger partial charge in [0.2, 0.25) is 11.9 Å². The molecule has 2 aliphatic heterocycles. The van der Waals surface area contributed by atoms with E-state index in [1.807, 2.05) is 43.6 Å². The molecule has 0 bridgehead atoms. The Hall–Kier alpha value is -4.45. The summed E-state index contributed by atoms with van der Waals surface area (Å²) in [6.45, 7) is 4.92. The molecular weight excluding hydrogens is 524 g/mol. The maximum Gasteiger partial charge on any atom is 0.410 e. The van der Waals surface area contributed by atoms with Crippen LogP contribution in [0.2, 0.25) is 0 Å². The topological polar surface area (TPSA) is 116 Å². The number of carbonyl (C=O) groups is 3. The first-order chi connectivity index (χ1) is 19.7. The van der Waals surface area contributed by atoms with Gasteiger partial charge in [0.25, 0.3) is 5.91 Å². The third-order valence-corrected chi connectivity index (χ3v) is 7.40. The van der Waals surface area contributed by atoms with Crippen molar-refractivity contribution >= 4 is 40.8 Å². The zero-order chi connectivity index (χ0) is 29.1. The minimum absolute atomic E-state index is 0. The fourth-order valence-electron chi connectivity index (χ4n) is 5.17.